The Kier molecular flexibility index (Phi) is 0.165. The van der Waals surface area contributed by atoms with Crippen LogP contribution in [0, 0.1) is 4.91 Å². The Balaban J connectivity index is 3.70. The first-order valence-corrected chi connectivity index (χ1v) is 0.997. The van der Waals surface area contributed by atoms with E-state index < -0.39 is 5.76 Å². The van der Waals surface area contributed by atoms with Gasteiger partial charge in [0.1, 0.15) is 0 Å². The highest BCUT2D eigenvalue weighted by Gasteiger charge is 2.21. The Labute approximate surface area is 25.9 Å². The molecule has 1 aromatic rings. The van der Waals surface area contributed by atoms with E-state index in [4.69, 9.17) is 0 Å². The fourth-order valence-corrected chi connectivity index (χ4v) is 0.0505. The van der Waals surface area contributed by atoms with Gasteiger partial charge in [-0.05, 0) is 0 Å². The minimum atomic E-state index is -0.801. The molecule has 0 amide bonds. The van der Waals surface area contributed by atoms with Gasteiger partial charge in [0.2, 0.25) is 0 Å². The van der Waals surface area contributed by atoms with E-state index in [1.165, 1.54) is 0 Å². The molecule has 0 N–H and O–H groups in total. The molecule has 0 saturated carbocycles. The number of aromatic nitrogens is 1. The molecule has 0 aliphatic carbocycles. The van der Waals surface area contributed by atoms with Gasteiger partial charge < -0.3 is 0 Å². The number of nitrogens with zero attached hydrogens (tertiary/aromatic N) is 1. The largest absolute Gasteiger partial charge is 0.761 e. The van der Waals surface area contributed by atoms with Gasteiger partial charge in [-0.25, -0.2) is 0 Å². The van der Waals surface area contributed by atoms with Gasteiger partial charge >= 0.3 is 10.4 Å². The number of hydrogen-bond donors (Lipinski definition) is 0. The van der Waals surface area contributed by atoms with E-state index in [-0.39, 0.29) is 4.60 Å². The monoisotopic (exact) mass is 74.0 g/mol. The lowest BCUT2D eigenvalue weighted by atomic mass is 11.5. The first-order valence-electron chi connectivity index (χ1n) is 0.997. The molecule has 0 bridgehead atoms. The molecule has 0 saturated heterocycles. The van der Waals surface area contributed by atoms with Crippen LogP contribution in [-0.2, 0) is 0 Å². The van der Waals surface area contributed by atoms with Gasteiger partial charge in [-0.2, -0.15) is 4.79 Å². The van der Waals surface area contributed by atoms with Gasteiger partial charge in [0.25, 0.3) is 0 Å². The van der Waals surface area contributed by atoms with E-state index in [0.717, 1.165) is 0 Å². The van der Waals surface area contributed by atoms with Crippen molar-refractivity contribution in [3.63, 3.8) is 0 Å². The van der Waals surface area contributed by atoms with Crippen LogP contribution in [0.2, 0.25) is 0 Å². The van der Waals surface area contributed by atoms with Gasteiger partial charge in [-0.3, -0.25) is 0 Å². The zero-order valence-corrected chi connectivity index (χ0v) is 2.17. The van der Waals surface area contributed by atoms with Gasteiger partial charge in [-0.15, -0.1) is 0 Å². The summed E-state index contributed by atoms with van der Waals surface area (Å²) in [6.45, 7) is 0. The van der Waals surface area contributed by atoms with Crippen molar-refractivity contribution in [2.45, 2.75) is 0 Å². The Morgan fingerprint density at radius 1 is 1.80 bits per heavy atom. The predicted molar refractivity (Wildman–Crippen MR) is 10.7 cm³/mol. The molecular weight excluding hydrogens is 74.0 g/mol. The van der Waals surface area contributed by atoms with Crippen molar-refractivity contribution in [2.24, 2.45) is 0 Å². The van der Waals surface area contributed by atoms with Crippen LogP contribution in [0.4, 0.5) is 0 Å². The second-order valence-electron chi connectivity index (χ2n) is 0.614. The van der Waals surface area contributed by atoms with E-state index in [1.54, 1.807) is 0 Å². The van der Waals surface area contributed by atoms with Crippen molar-refractivity contribution in [3.8, 4) is 0 Å². The van der Waals surface area contributed by atoms with E-state index in [1.807, 2.05) is 0 Å². The number of hydrogen-bond acceptors (Lipinski definition) is 3. The topological polar surface area (TPSA) is 53.2 Å². The predicted octanol–water partition coefficient (Wildman–Crippen LogP) is -1.57. The summed E-state index contributed by atoms with van der Waals surface area (Å²) < 4.78 is 3.46. The Hall–Kier alpha value is -0.930. The fourth-order valence-electron chi connectivity index (χ4n) is 0.0505. The average Bonchev–Trinajstić information content (AvgIpc) is 1.79. The first kappa shape index (κ1) is 2.32. The third-order valence-electron chi connectivity index (χ3n) is 0.278. The van der Waals surface area contributed by atoms with Crippen LogP contribution < -0.4 is 10.4 Å². The molecule has 1 heterocycles. The second kappa shape index (κ2) is 0.357. The molecule has 0 spiro atoms. The Bertz CT molecular complexity index is 157. The zero-order chi connectivity index (χ0) is 3.86. The molecule has 5 heavy (non-hydrogen) atoms. The van der Waals surface area contributed by atoms with Gasteiger partial charge in [0, 0.05) is 0 Å². The van der Waals surface area contributed by atoms with Gasteiger partial charge in [0.15, 0.2) is 0 Å². The second-order valence-corrected chi connectivity index (χ2v) is 0.614. The summed E-state index contributed by atoms with van der Waals surface area (Å²) in [5.74, 6) is -0.801. The molecule has 4 nitrogen and oxygen atoms in total. The van der Waals surface area contributed by atoms with Crippen molar-refractivity contribution in [3.05, 3.63) is 15.5 Å². The smallest absolute Gasteiger partial charge is 0.166 e. The van der Waals surface area contributed by atoms with Crippen LogP contribution in [-0.4, -0.2) is 0 Å². The summed E-state index contributed by atoms with van der Waals surface area (Å²) in [5, 5.41) is 0. The van der Waals surface area contributed by atoms with Crippen molar-refractivity contribution in [1.82, 2.24) is 0 Å². The summed E-state index contributed by atoms with van der Waals surface area (Å²) in [6, 6.07) is 0. The summed E-state index contributed by atoms with van der Waals surface area (Å²) >= 11 is 0. The van der Waals surface area contributed by atoms with Crippen molar-refractivity contribution in [2.75, 3.05) is 0 Å². The molecule has 1 aromatic heterocycles. The Morgan fingerprint density at radius 2 is 2.00 bits per heavy atom. The average molecular weight is 74.0 g/mol. The summed E-state index contributed by atoms with van der Waals surface area (Å²) in [6.07, 6.45) is 0. The molecule has 4 heteroatoms. The third-order valence-corrected chi connectivity index (χ3v) is 0.278. The maximum atomic E-state index is 9.28. The van der Waals surface area contributed by atoms with Crippen LogP contribution in [0.25, 0.3) is 0 Å². The molecule has 0 unspecified atom stereocenters. The van der Waals surface area contributed by atoms with Crippen molar-refractivity contribution < 1.29 is 9.12 Å². The van der Waals surface area contributed by atoms with E-state index in [9.17, 15) is 9.70 Å². The standard InChI is InChI=1S/CNO3/c3-1-2(4)5-1/q+1. The van der Waals surface area contributed by atoms with Gasteiger partial charge in [-0.1, -0.05) is 4.52 Å². The third kappa shape index (κ3) is 0.137. The van der Waals surface area contributed by atoms with E-state index >= 15 is 0 Å². The van der Waals surface area contributed by atoms with Crippen molar-refractivity contribution in [1.29, 1.82) is 0 Å². The molecule has 0 radical (unpaired) electrons. The summed E-state index contributed by atoms with van der Waals surface area (Å²) in [5.41, 5.74) is 0. The summed E-state index contributed by atoms with van der Waals surface area (Å²) in [7, 11) is 0. The van der Waals surface area contributed by atoms with Crippen LogP contribution >= 0.6 is 0 Å². The highest BCUT2D eigenvalue weighted by Crippen LogP contribution is 1.36. The molecular formula is CNO3+. The lowest BCUT2D eigenvalue weighted by Crippen LogP contribution is -2.04. The van der Waals surface area contributed by atoms with Crippen molar-refractivity contribution >= 4 is 0 Å². The molecule has 1 rings (SSSR count). The molecule has 0 aliphatic rings. The van der Waals surface area contributed by atoms with E-state index in [2.05, 4.69) is 4.52 Å². The van der Waals surface area contributed by atoms with Crippen LogP contribution in [0.1, 0.15) is 0 Å². The first-order chi connectivity index (χ1) is 2.30. The van der Waals surface area contributed by atoms with Crippen LogP contribution in [0.15, 0.2) is 9.32 Å². The highest BCUT2D eigenvalue weighted by atomic mass is 16.7. The lowest BCUT2D eigenvalue weighted by Gasteiger charge is -0.913. The Morgan fingerprint density at radius 3 is 2.00 bits per heavy atom. The van der Waals surface area contributed by atoms with Gasteiger partial charge in [0.05, 0.1) is 4.91 Å². The van der Waals surface area contributed by atoms with Crippen LogP contribution in [0.5, 0.6) is 0 Å². The van der Waals surface area contributed by atoms with Crippen LogP contribution in [0.3, 0.4) is 0 Å². The zero-order valence-electron chi connectivity index (χ0n) is 2.17. The maximum absolute atomic E-state index is 9.28. The molecule has 0 atom stereocenters. The SMILES string of the molecule is O=c1o[n+]1=O. The van der Waals surface area contributed by atoms with E-state index in [0.29, 0.717) is 0 Å². The maximum Gasteiger partial charge on any atom is 0.761 e. The molecule has 0 aliphatic heterocycles. The highest BCUT2D eigenvalue weighted by molar-refractivity contribution is 4.16. The number of rotatable bonds is 0. The lowest BCUT2D eigenvalue weighted by molar-refractivity contribution is -0.582. The molecule has 0 fully saturated rings. The fraction of sp³-hybridized carbons (Fsp3) is 0. The summed E-state index contributed by atoms with van der Waals surface area (Å²) in [4.78, 5) is 18.5. The molecule has 0 aromatic carbocycles. The minimum absolute atomic E-state index is 0.0972. The normalized spacial score (nSPS) is 9.60. The molecule has 26 valence electrons. The quantitative estimate of drug-likeness (QED) is 0.373. The minimum Gasteiger partial charge on any atom is -0.166 e.